The molecule has 6 heteroatoms. The molecular formula is C19H12ClNO3S. The van der Waals surface area contributed by atoms with E-state index in [1.165, 1.54) is 6.92 Å². The molecule has 0 amide bonds. The lowest BCUT2D eigenvalue weighted by molar-refractivity contribution is -0.132. The Morgan fingerprint density at radius 3 is 2.64 bits per heavy atom. The predicted octanol–water partition coefficient (Wildman–Crippen LogP) is 5.80. The first-order chi connectivity index (χ1) is 12.1. The van der Waals surface area contributed by atoms with Gasteiger partial charge in [-0.3, -0.25) is 4.79 Å². The quantitative estimate of drug-likeness (QED) is 0.428. The highest BCUT2D eigenvalue weighted by Gasteiger charge is 2.20. The average Bonchev–Trinajstić information content (AvgIpc) is 3.19. The summed E-state index contributed by atoms with van der Waals surface area (Å²) in [6.45, 7) is 1.33. The van der Waals surface area contributed by atoms with Crippen LogP contribution >= 0.6 is 22.9 Å². The normalized spacial score (nSPS) is 11.0. The van der Waals surface area contributed by atoms with Crippen LogP contribution in [0.5, 0.6) is 5.88 Å². The number of carbonyl (C=O) groups is 1. The predicted molar refractivity (Wildman–Crippen MR) is 99.1 cm³/mol. The third-order valence-electron chi connectivity index (χ3n) is 3.58. The van der Waals surface area contributed by atoms with E-state index >= 15 is 0 Å². The van der Waals surface area contributed by atoms with Crippen molar-refractivity contribution in [3.63, 3.8) is 0 Å². The molecule has 4 aromatic rings. The average molecular weight is 370 g/mol. The summed E-state index contributed by atoms with van der Waals surface area (Å²) in [7, 11) is 0. The van der Waals surface area contributed by atoms with E-state index in [-0.39, 0.29) is 5.88 Å². The van der Waals surface area contributed by atoms with Crippen molar-refractivity contribution >= 4 is 39.0 Å². The molecule has 124 valence electrons. The third-order valence-corrected chi connectivity index (χ3v) is 4.94. The van der Waals surface area contributed by atoms with Crippen molar-refractivity contribution in [3.05, 3.63) is 59.6 Å². The Morgan fingerprint density at radius 1 is 1.16 bits per heavy atom. The maximum absolute atomic E-state index is 11.4. The topological polar surface area (TPSA) is 52.3 Å². The largest absolute Gasteiger partial charge is 0.431 e. The zero-order valence-electron chi connectivity index (χ0n) is 13.2. The highest BCUT2D eigenvalue weighted by Crippen LogP contribution is 2.39. The van der Waals surface area contributed by atoms with Gasteiger partial charge in [0.1, 0.15) is 0 Å². The van der Waals surface area contributed by atoms with Gasteiger partial charge in [0.15, 0.2) is 5.76 Å². The standard InChI is InChI=1S/C19H12ClNO3S/c1-11(22)23-19-17(12-6-8-14(20)9-7-12)24-18(21-19)16-10-13-4-2-3-5-15(13)25-16/h2-10H,1H3. The van der Waals surface area contributed by atoms with Crippen LogP contribution in [-0.4, -0.2) is 11.0 Å². The number of hydrogen-bond acceptors (Lipinski definition) is 5. The van der Waals surface area contributed by atoms with E-state index in [0.717, 1.165) is 20.5 Å². The summed E-state index contributed by atoms with van der Waals surface area (Å²) in [6, 6.07) is 17.1. The van der Waals surface area contributed by atoms with Crippen LogP contribution in [0.15, 0.2) is 59.0 Å². The molecule has 4 nitrogen and oxygen atoms in total. The first-order valence-electron chi connectivity index (χ1n) is 7.54. The van der Waals surface area contributed by atoms with Crippen molar-refractivity contribution in [1.29, 1.82) is 0 Å². The first kappa shape index (κ1) is 15.9. The van der Waals surface area contributed by atoms with E-state index in [9.17, 15) is 4.79 Å². The molecule has 4 rings (SSSR count). The number of esters is 1. The fourth-order valence-electron chi connectivity index (χ4n) is 2.49. The molecule has 0 atom stereocenters. The summed E-state index contributed by atoms with van der Waals surface area (Å²) < 4.78 is 12.3. The molecule has 0 aliphatic rings. The van der Waals surface area contributed by atoms with Crippen molar-refractivity contribution in [2.75, 3.05) is 0 Å². The number of thiophene rings is 1. The molecule has 0 aliphatic carbocycles. The van der Waals surface area contributed by atoms with Crippen LogP contribution in [0.25, 0.3) is 32.2 Å². The Balaban J connectivity index is 1.83. The van der Waals surface area contributed by atoms with Crippen molar-refractivity contribution in [3.8, 4) is 28.0 Å². The Hall–Kier alpha value is -2.63. The molecule has 0 radical (unpaired) electrons. The smallest absolute Gasteiger partial charge is 0.309 e. The number of ether oxygens (including phenoxy) is 1. The zero-order valence-corrected chi connectivity index (χ0v) is 14.7. The van der Waals surface area contributed by atoms with Gasteiger partial charge in [0.2, 0.25) is 5.89 Å². The number of oxazole rings is 1. The van der Waals surface area contributed by atoms with Gasteiger partial charge in [0.05, 0.1) is 4.88 Å². The van der Waals surface area contributed by atoms with Crippen LogP contribution in [0, 0.1) is 0 Å². The second kappa shape index (κ2) is 6.35. The van der Waals surface area contributed by atoms with Gasteiger partial charge in [-0.1, -0.05) is 29.8 Å². The molecule has 0 fully saturated rings. The maximum Gasteiger partial charge on any atom is 0.309 e. The molecule has 2 heterocycles. The molecule has 2 aromatic heterocycles. The number of rotatable bonds is 3. The van der Waals surface area contributed by atoms with Gasteiger partial charge in [-0.2, -0.15) is 4.98 Å². The van der Waals surface area contributed by atoms with Gasteiger partial charge >= 0.3 is 5.97 Å². The lowest BCUT2D eigenvalue weighted by Crippen LogP contribution is -2.02. The lowest BCUT2D eigenvalue weighted by Gasteiger charge is -2.00. The second-order valence-electron chi connectivity index (χ2n) is 5.40. The van der Waals surface area contributed by atoms with Crippen LogP contribution in [-0.2, 0) is 4.79 Å². The fraction of sp³-hybridized carbons (Fsp3) is 0.0526. The number of aromatic nitrogens is 1. The minimum atomic E-state index is -0.452. The SMILES string of the molecule is CC(=O)Oc1nc(-c2cc3ccccc3s2)oc1-c1ccc(Cl)cc1. The van der Waals surface area contributed by atoms with Crippen LogP contribution in [0.3, 0.4) is 0 Å². The Bertz CT molecular complexity index is 1030. The molecule has 25 heavy (non-hydrogen) atoms. The number of hydrogen-bond donors (Lipinski definition) is 0. The Morgan fingerprint density at radius 2 is 1.92 bits per heavy atom. The van der Waals surface area contributed by atoms with E-state index < -0.39 is 5.97 Å². The molecule has 0 unspecified atom stereocenters. The van der Waals surface area contributed by atoms with Gasteiger partial charge in [0.25, 0.3) is 5.88 Å². The van der Waals surface area contributed by atoms with E-state index in [2.05, 4.69) is 4.98 Å². The van der Waals surface area contributed by atoms with Crippen molar-refractivity contribution in [2.24, 2.45) is 0 Å². The van der Waals surface area contributed by atoms with E-state index in [1.54, 1.807) is 35.6 Å². The van der Waals surface area contributed by atoms with Crippen LogP contribution in [0.4, 0.5) is 0 Å². The second-order valence-corrected chi connectivity index (χ2v) is 6.92. The number of halogens is 1. The summed E-state index contributed by atoms with van der Waals surface area (Å²) in [5.74, 6) is 0.524. The highest BCUT2D eigenvalue weighted by atomic mass is 35.5. The summed E-state index contributed by atoms with van der Waals surface area (Å²) in [5.41, 5.74) is 0.737. The summed E-state index contributed by atoms with van der Waals surface area (Å²) >= 11 is 7.51. The van der Waals surface area contributed by atoms with Crippen molar-refractivity contribution in [1.82, 2.24) is 4.98 Å². The van der Waals surface area contributed by atoms with Gasteiger partial charge in [-0.25, -0.2) is 0 Å². The fourth-order valence-corrected chi connectivity index (χ4v) is 3.60. The Kier molecular flexibility index (Phi) is 4.03. The van der Waals surface area contributed by atoms with Crippen LogP contribution < -0.4 is 4.74 Å². The van der Waals surface area contributed by atoms with E-state index in [0.29, 0.717) is 16.7 Å². The van der Waals surface area contributed by atoms with Crippen LogP contribution in [0.1, 0.15) is 6.92 Å². The molecule has 2 aromatic carbocycles. The minimum Gasteiger partial charge on any atom is -0.431 e. The van der Waals surface area contributed by atoms with Gasteiger partial charge in [-0.15, -0.1) is 11.3 Å². The lowest BCUT2D eigenvalue weighted by atomic mass is 10.2. The zero-order chi connectivity index (χ0) is 17.4. The molecule has 0 saturated heterocycles. The maximum atomic E-state index is 11.4. The highest BCUT2D eigenvalue weighted by molar-refractivity contribution is 7.22. The van der Waals surface area contributed by atoms with Crippen molar-refractivity contribution in [2.45, 2.75) is 6.92 Å². The summed E-state index contributed by atoms with van der Waals surface area (Å²) in [6.07, 6.45) is 0. The number of nitrogens with zero attached hydrogens (tertiary/aromatic N) is 1. The molecule has 0 N–H and O–H groups in total. The molecule has 0 saturated carbocycles. The van der Waals surface area contributed by atoms with Gasteiger partial charge in [0, 0.05) is 22.2 Å². The molecular weight excluding hydrogens is 358 g/mol. The van der Waals surface area contributed by atoms with Crippen molar-refractivity contribution < 1.29 is 13.9 Å². The minimum absolute atomic E-state index is 0.155. The van der Waals surface area contributed by atoms with Gasteiger partial charge in [-0.05, 0) is 41.8 Å². The molecule has 0 bridgehead atoms. The monoisotopic (exact) mass is 369 g/mol. The van der Waals surface area contributed by atoms with Gasteiger partial charge < -0.3 is 9.15 Å². The molecule has 0 spiro atoms. The Labute approximate surface area is 152 Å². The number of carbonyl (C=O) groups excluding carboxylic acids is 1. The number of benzene rings is 2. The number of fused-ring (bicyclic) bond motifs is 1. The summed E-state index contributed by atoms with van der Waals surface area (Å²) in [5, 5.41) is 1.73. The van der Waals surface area contributed by atoms with E-state index in [1.807, 2.05) is 30.3 Å². The van der Waals surface area contributed by atoms with E-state index in [4.69, 9.17) is 20.8 Å². The third kappa shape index (κ3) is 3.16. The van der Waals surface area contributed by atoms with Crippen LogP contribution in [0.2, 0.25) is 5.02 Å². The molecule has 0 aliphatic heterocycles. The first-order valence-corrected chi connectivity index (χ1v) is 8.74. The summed E-state index contributed by atoms with van der Waals surface area (Å²) in [4.78, 5) is 16.7.